The van der Waals surface area contributed by atoms with Crippen molar-refractivity contribution in [1.82, 2.24) is 10.1 Å². The van der Waals surface area contributed by atoms with Gasteiger partial charge in [-0.3, -0.25) is 0 Å². The van der Waals surface area contributed by atoms with Crippen molar-refractivity contribution in [3.63, 3.8) is 0 Å². The number of ether oxygens (including phenoxy) is 1. The maximum atomic E-state index is 12.0. The molecule has 7 heteroatoms. The van der Waals surface area contributed by atoms with Crippen molar-refractivity contribution in [2.24, 2.45) is 0 Å². The molecular weight excluding hydrogens is 284 g/mol. The molecule has 0 saturated heterocycles. The van der Waals surface area contributed by atoms with E-state index in [4.69, 9.17) is 25.3 Å². The molecule has 2 heterocycles. The van der Waals surface area contributed by atoms with Gasteiger partial charge in [0.05, 0.1) is 7.11 Å². The minimum Gasteiger partial charge on any atom is -0.497 e. The topological polar surface area (TPSA) is 78.4 Å². The Morgan fingerprint density at radius 3 is 2.90 bits per heavy atom. The Bertz CT molecular complexity index is 825. The minimum absolute atomic E-state index is 0.0864. The molecule has 0 spiro atoms. The number of hydrogen-bond acceptors (Lipinski definition) is 6. The molecule has 3 aromatic rings. The highest BCUT2D eigenvalue weighted by molar-refractivity contribution is 6.16. The molecule has 102 valence electrons. The van der Waals surface area contributed by atoms with E-state index >= 15 is 0 Å². The second-order valence-corrected chi connectivity index (χ2v) is 4.26. The first-order valence-corrected chi connectivity index (χ1v) is 6.25. The van der Waals surface area contributed by atoms with Gasteiger partial charge in [-0.05, 0) is 18.2 Å². The van der Waals surface area contributed by atoms with Crippen LogP contribution in [0.5, 0.6) is 5.75 Å². The zero-order valence-electron chi connectivity index (χ0n) is 10.4. The highest BCUT2D eigenvalue weighted by Crippen LogP contribution is 2.23. The van der Waals surface area contributed by atoms with Crippen LogP contribution in [0.2, 0.25) is 0 Å². The van der Waals surface area contributed by atoms with Gasteiger partial charge in [-0.1, -0.05) is 5.16 Å². The Balaban J connectivity index is 2.17. The van der Waals surface area contributed by atoms with Gasteiger partial charge in [-0.15, -0.1) is 11.6 Å². The van der Waals surface area contributed by atoms with Crippen LogP contribution < -0.4 is 10.4 Å². The van der Waals surface area contributed by atoms with Crippen LogP contribution in [0.3, 0.4) is 0 Å². The van der Waals surface area contributed by atoms with E-state index in [9.17, 15) is 4.79 Å². The van der Waals surface area contributed by atoms with Crippen molar-refractivity contribution in [3.05, 3.63) is 40.6 Å². The second kappa shape index (κ2) is 4.97. The summed E-state index contributed by atoms with van der Waals surface area (Å²) in [6.07, 6.45) is 0. The quantitative estimate of drug-likeness (QED) is 0.545. The summed E-state index contributed by atoms with van der Waals surface area (Å²) >= 11 is 5.58. The molecule has 0 saturated carbocycles. The molecule has 1 aromatic carbocycles. The molecule has 0 bridgehead atoms. The average molecular weight is 293 g/mol. The number of fused-ring (bicyclic) bond motifs is 1. The summed E-state index contributed by atoms with van der Waals surface area (Å²) < 4.78 is 15.2. The molecule has 0 aliphatic heterocycles. The molecule has 0 N–H and O–H groups in total. The summed E-state index contributed by atoms with van der Waals surface area (Å²) in [5.41, 5.74) is 0.106. The zero-order valence-corrected chi connectivity index (χ0v) is 11.2. The SMILES string of the molecule is COc1ccc2cc(-c3noc(CCl)n3)c(=O)oc2c1. The lowest BCUT2D eigenvalue weighted by Crippen LogP contribution is -2.03. The molecule has 2 aromatic heterocycles. The van der Waals surface area contributed by atoms with Crippen LogP contribution in [0.15, 0.2) is 38.0 Å². The van der Waals surface area contributed by atoms with Gasteiger partial charge in [-0.25, -0.2) is 4.79 Å². The third-order valence-corrected chi connectivity index (χ3v) is 3.00. The van der Waals surface area contributed by atoms with E-state index in [2.05, 4.69) is 10.1 Å². The first-order chi connectivity index (χ1) is 9.71. The lowest BCUT2D eigenvalue weighted by atomic mass is 10.1. The molecule has 0 aliphatic carbocycles. The number of halogens is 1. The van der Waals surface area contributed by atoms with Crippen molar-refractivity contribution in [2.75, 3.05) is 7.11 Å². The number of rotatable bonds is 3. The summed E-state index contributed by atoms with van der Waals surface area (Å²) in [6, 6.07) is 6.83. The highest BCUT2D eigenvalue weighted by atomic mass is 35.5. The molecule has 3 rings (SSSR count). The van der Waals surface area contributed by atoms with Crippen molar-refractivity contribution >= 4 is 22.6 Å². The fraction of sp³-hybridized carbons (Fsp3) is 0.154. The fourth-order valence-electron chi connectivity index (χ4n) is 1.79. The normalized spacial score (nSPS) is 10.9. The smallest absolute Gasteiger partial charge is 0.347 e. The van der Waals surface area contributed by atoms with E-state index in [1.165, 1.54) is 0 Å². The molecule has 6 nitrogen and oxygen atoms in total. The lowest BCUT2D eigenvalue weighted by molar-refractivity contribution is 0.390. The summed E-state index contributed by atoms with van der Waals surface area (Å²) in [4.78, 5) is 16.0. The first kappa shape index (κ1) is 12.7. The third kappa shape index (κ3) is 2.14. The monoisotopic (exact) mass is 292 g/mol. The maximum Gasteiger partial charge on any atom is 0.347 e. The molecule has 0 fully saturated rings. The number of alkyl halides is 1. The largest absolute Gasteiger partial charge is 0.497 e. The Hall–Kier alpha value is -2.34. The molecule has 0 radical (unpaired) electrons. The van der Waals surface area contributed by atoms with Gasteiger partial charge in [0.15, 0.2) is 0 Å². The van der Waals surface area contributed by atoms with E-state index < -0.39 is 5.63 Å². The molecule has 20 heavy (non-hydrogen) atoms. The molecule has 0 atom stereocenters. The Labute approximate surface area is 117 Å². The third-order valence-electron chi connectivity index (χ3n) is 2.77. The Morgan fingerprint density at radius 2 is 2.20 bits per heavy atom. The van der Waals surface area contributed by atoms with E-state index in [-0.39, 0.29) is 23.2 Å². The minimum atomic E-state index is -0.548. The van der Waals surface area contributed by atoms with Gasteiger partial charge in [-0.2, -0.15) is 4.98 Å². The van der Waals surface area contributed by atoms with Gasteiger partial charge in [0.2, 0.25) is 11.7 Å². The van der Waals surface area contributed by atoms with Gasteiger partial charge < -0.3 is 13.7 Å². The number of methoxy groups -OCH3 is 1. The van der Waals surface area contributed by atoms with Crippen molar-refractivity contribution in [2.45, 2.75) is 5.88 Å². The van der Waals surface area contributed by atoms with Crippen LogP contribution in [-0.2, 0) is 5.88 Å². The predicted octanol–water partition coefficient (Wildman–Crippen LogP) is 2.59. The number of benzene rings is 1. The molecule has 0 aliphatic rings. The standard InChI is InChI=1S/C13H9ClN2O4/c1-18-8-3-2-7-4-9(13(17)19-10(7)5-8)12-15-11(6-14)20-16-12/h2-5H,6H2,1H3. The predicted molar refractivity (Wildman–Crippen MR) is 71.9 cm³/mol. The van der Waals surface area contributed by atoms with Crippen molar-refractivity contribution in [3.8, 4) is 17.1 Å². The van der Waals surface area contributed by atoms with Gasteiger partial charge >= 0.3 is 5.63 Å². The molecular formula is C13H9ClN2O4. The average Bonchev–Trinajstić information content (AvgIpc) is 2.94. The lowest BCUT2D eigenvalue weighted by Gasteiger charge is -2.02. The fourth-order valence-corrected chi connectivity index (χ4v) is 1.90. The van der Waals surface area contributed by atoms with E-state index in [1.807, 2.05) is 0 Å². The van der Waals surface area contributed by atoms with Gasteiger partial charge in [0.1, 0.15) is 22.8 Å². The van der Waals surface area contributed by atoms with Crippen LogP contribution >= 0.6 is 11.6 Å². The second-order valence-electron chi connectivity index (χ2n) is 4.00. The summed E-state index contributed by atoms with van der Waals surface area (Å²) in [5.74, 6) is 1.10. The Kier molecular flexibility index (Phi) is 3.15. The summed E-state index contributed by atoms with van der Waals surface area (Å²) in [7, 11) is 1.54. The van der Waals surface area contributed by atoms with E-state index in [0.29, 0.717) is 11.3 Å². The van der Waals surface area contributed by atoms with Crippen molar-refractivity contribution < 1.29 is 13.7 Å². The van der Waals surface area contributed by atoms with Crippen LogP contribution in [0.1, 0.15) is 5.89 Å². The number of hydrogen-bond donors (Lipinski definition) is 0. The first-order valence-electron chi connectivity index (χ1n) is 5.72. The van der Waals surface area contributed by atoms with Crippen molar-refractivity contribution in [1.29, 1.82) is 0 Å². The number of aromatic nitrogens is 2. The van der Waals surface area contributed by atoms with E-state index in [0.717, 1.165) is 5.39 Å². The molecule has 0 unspecified atom stereocenters. The maximum absolute atomic E-state index is 12.0. The number of nitrogens with zero attached hydrogens (tertiary/aromatic N) is 2. The van der Waals surface area contributed by atoms with E-state index in [1.54, 1.807) is 31.4 Å². The molecule has 0 amide bonds. The van der Waals surface area contributed by atoms with Crippen LogP contribution in [0.4, 0.5) is 0 Å². The summed E-state index contributed by atoms with van der Waals surface area (Å²) in [6.45, 7) is 0. The zero-order chi connectivity index (χ0) is 14.1. The summed E-state index contributed by atoms with van der Waals surface area (Å²) in [5, 5.41) is 4.44. The van der Waals surface area contributed by atoms with Gasteiger partial charge in [0.25, 0.3) is 0 Å². The van der Waals surface area contributed by atoms with Crippen LogP contribution in [0, 0.1) is 0 Å². The van der Waals surface area contributed by atoms with Gasteiger partial charge in [0, 0.05) is 11.5 Å². The Morgan fingerprint density at radius 1 is 1.35 bits per heavy atom. The highest BCUT2D eigenvalue weighted by Gasteiger charge is 2.14. The van der Waals surface area contributed by atoms with Crippen LogP contribution in [0.25, 0.3) is 22.4 Å². The van der Waals surface area contributed by atoms with Crippen LogP contribution in [-0.4, -0.2) is 17.3 Å².